The van der Waals surface area contributed by atoms with E-state index in [1.807, 2.05) is 18.2 Å². The molecule has 25 heavy (non-hydrogen) atoms. The SMILES string of the molecule is CC(CC(=O)NCc1ccc2c(c1)OCCCO2)C1CCCNC1.Cl. The molecular weight excluding hydrogens is 340 g/mol. The van der Waals surface area contributed by atoms with Gasteiger partial charge in [0.25, 0.3) is 0 Å². The number of carbonyl (C=O) groups is 1. The van der Waals surface area contributed by atoms with Crippen LogP contribution in [0, 0.1) is 11.8 Å². The molecule has 1 saturated heterocycles. The first-order valence-electron chi connectivity index (χ1n) is 9.08. The summed E-state index contributed by atoms with van der Waals surface area (Å²) in [5.74, 6) is 2.73. The molecule has 3 rings (SSSR count). The Labute approximate surface area is 156 Å². The summed E-state index contributed by atoms with van der Waals surface area (Å²) in [5, 5.41) is 6.46. The van der Waals surface area contributed by atoms with Crippen LogP contribution in [0.25, 0.3) is 0 Å². The number of fused-ring (bicyclic) bond motifs is 1. The lowest BCUT2D eigenvalue weighted by atomic mass is 9.85. The van der Waals surface area contributed by atoms with Crippen molar-refractivity contribution in [1.82, 2.24) is 10.6 Å². The Balaban J connectivity index is 0.00000225. The number of halogens is 1. The Morgan fingerprint density at radius 1 is 1.28 bits per heavy atom. The summed E-state index contributed by atoms with van der Waals surface area (Å²) in [7, 11) is 0. The van der Waals surface area contributed by atoms with Crippen LogP contribution in [-0.2, 0) is 11.3 Å². The average molecular weight is 369 g/mol. The maximum Gasteiger partial charge on any atom is 0.220 e. The summed E-state index contributed by atoms with van der Waals surface area (Å²) < 4.78 is 11.3. The molecule has 5 nitrogen and oxygen atoms in total. The van der Waals surface area contributed by atoms with Gasteiger partial charge in [-0.2, -0.15) is 0 Å². The van der Waals surface area contributed by atoms with Crippen LogP contribution in [0.5, 0.6) is 11.5 Å². The van der Waals surface area contributed by atoms with Crippen LogP contribution in [0.2, 0.25) is 0 Å². The van der Waals surface area contributed by atoms with Gasteiger partial charge in [-0.1, -0.05) is 13.0 Å². The van der Waals surface area contributed by atoms with E-state index < -0.39 is 0 Å². The molecule has 0 spiro atoms. The number of hydrogen-bond donors (Lipinski definition) is 2. The summed E-state index contributed by atoms with van der Waals surface area (Å²) in [5.41, 5.74) is 1.04. The van der Waals surface area contributed by atoms with Gasteiger partial charge in [0, 0.05) is 19.4 Å². The van der Waals surface area contributed by atoms with Crippen molar-refractivity contribution in [3.05, 3.63) is 23.8 Å². The molecule has 0 bridgehead atoms. The number of nitrogens with one attached hydrogen (secondary N) is 2. The van der Waals surface area contributed by atoms with Gasteiger partial charge in [0.2, 0.25) is 5.91 Å². The fourth-order valence-corrected chi connectivity index (χ4v) is 3.41. The molecule has 1 amide bonds. The molecule has 6 heteroatoms. The largest absolute Gasteiger partial charge is 0.490 e. The van der Waals surface area contributed by atoms with Gasteiger partial charge in [-0.05, 0) is 55.5 Å². The van der Waals surface area contributed by atoms with Gasteiger partial charge < -0.3 is 20.1 Å². The quantitative estimate of drug-likeness (QED) is 0.839. The monoisotopic (exact) mass is 368 g/mol. The van der Waals surface area contributed by atoms with Gasteiger partial charge in [-0.3, -0.25) is 4.79 Å². The molecule has 0 radical (unpaired) electrons. The molecule has 2 atom stereocenters. The van der Waals surface area contributed by atoms with Crippen molar-refractivity contribution in [3.8, 4) is 11.5 Å². The van der Waals surface area contributed by atoms with E-state index in [1.165, 1.54) is 12.8 Å². The van der Waals surface area contributed by atoms with Crippen LogP contribution >= 0.6 is 12.4 Å². The van der Waals surface area contributed by atoms with Crippen LogP contribution < -0.4 is 20.1 Å². The summed E-state index contributed by atoms with van der Waals surface area (Å²) in [6, 6.07) is 5.89. The maximum atomic E-state index is 12.2. The highest BCUT2D eigenvalue weighted by molar-refractivity contribution is 5.85. The zero-order valence-corrected chi connectivity index (χ0v) is 15.7. The van der Waals surface area contributed by atoms with E-state index in [2.05, 4.69) is 17.6 Å². The minimum Gasteiger partial charge on any atom is -0.490 e. The molecular formula is C19H29ClN2O3. The highest BCUT2D eigenvalue weighted by Gasteiger charge is 2.22. The van der Waals surface area contributed by atoms with Crippen molar-refractivity contribution >= 4 is 18.3 Å². The predicted molar refractivity (Wildman–Crippen MR) is 101 cm³/mol. The topological polar surface area (TPSA) is 59.6 Å². The first-order valence-corrected chi connectivity index (χ1v) is 9.08. The lowest BCUT2D eigenvalue weighted by molar-refractivity contribution is -0.122. The number of ether oxygens (including phenoxy) is 2. The van der Waals surface area contributed by atoms with Crippen molar-refractivity contribution in [2.75, 3.05) is 26.3 Å². The van der Waals surface area contributed by atoms with Crippen molar-refractivity contribution in [1.29, 1.82) is 0 Å². The zero-order valence-electron chi connectivity index (χ0n) is 14.9. The van der Waals surface area contributed by atoms with Crippen LogP contribution in [0.4, 0.5) is 0 Å². The Morgan fingerprint density at radius 3 is 2.84 bits per heavy atom. The van der Waals surface area contributed by atoms with E-state index in [-0.39, 0.29) is 18.3 Å². The van der Waals surface area contributed by atoms with Gasteiger partial charge in [-0.15, -0.1) is 12.4 Å². The highest BCUT2D eigenvalue weighted by atomic mass is 35.5. The summed E-state index contributed by atoms with van der Waals surface area (Å²) >= 11 is 0. The van der Waals surface area contributed by atoms with Gasteiger partial charge in [0.15, 0.2) is 11.5 Å². The molecule has 0 aliphatic carbocycles. The van der Waals surface area contributed by atoms with E-state index in [0.29, 0.717) is 38.0 Å². The van der Waals surface area contributed by atoms with Crippen molar-refractivity contribution < 1.29 is 14.3 Å². The zero-order chi connectivity index (χ0) is 16.8. The number of carbonyl (C=O) groups excluding carboxylic acids is 1. The number of hydrogen-bond acceptors (Lipinski definition) is 4. The molecule has 2 N–H and O–H groups in total. The van der Waals surface area contributed by atoms with Gasteiger partial charge in [0.05, 0.1) is 13.2 Å². The van der Waals surface area contributed by atoms with Crippen LogP contribution in [0.15, 0.2) is 18.2 Å². The lowest BCUT2D eigenvalue weighted by Crippen LogP contribution is -2.35. The molecule has 2 aliphatic rings. The second kappa shape index (κ2) is 9.88. The number of rotatable bonds is 5. The third-order valence-corrected chi connectivity index (χ3v) is 4.95. The second-order valence-corrected chi connectivity index (χ2v) is 6.90. The number of amides is 1. The first kappa shape index (κ1) is 19.9. The second-order valence-electron chi connectivity index (χ2n) is 6.90. The van der Waals surface area contributed by atoms with Gasteiger partial charge >= 0.3 is 0 Å². The normalized spacial score (nSPS) is 20.8. The third kappa shape index (κ3) is 5.79. The van der Waals surface area contributed by atoms with E-state index in [4.69, 9.17) is 9.47 Å². The van der Waals surface area contributed by atoms with Crippen LogP contribution in [-0.4, -0.2) is 32.2 Å². The van der Waals surface area contributed by atoms with E-state index in [0.717, 1.165) is 36.6 Å². The van der Waals surface area contributed by atoms with E-state index in [9.17, 15) is 4.79 Å². The average Bonchev–Trinajstić information content (AvgIpc) is 2.85. The van der Waals surface area contributed by atoms with E-state index in [1.54, 1.807) is 0 Å². The molecule has 1 fully saturated rings. The van der Waals surface area contributed by atoms with E-state index >= 15 is 0 Å². The highest BCUT2D eigenvalue weighted by Crippen LogP contribution is 2.30. The third-order valence-electron chi connectivity index (χ3n) is 4.95. The Bertz CT molecular complexity index is 562. The van der Waals surface area contributed by atoms with Crippen molar-refractivity contribution in [2.24, 2.45) is 11.8 Å². The summed E-state index contributed by atoms with van der Waals surface area (Å²) in [6.07, 6.45) is 3.93. The van der Waals surface area contributed by atoms with Gasteiger partial charge in [-0.25, -0.2) is 0 Å². The molecule has 1 aromatic rings. The molecule has 0 saturated carbocycles. The van der Waals surface area contributed by atoms with Crippen molar-refractivity contribution in [2.45, 2.75) is 39.2 Å². The van der Waals surface area contributed by atoms with Crippen molar-refractivity contribution in [3.63, 3.8) is 0 Å². The maximum absolute atomic E-state index is 12.2. The first-order chi connectivity index (χ1) is 11.7. The Morgan fingerprint density at radius 2 is 2.08 bits per heavy atom. The fourth-order valence-electron chi connectivity index (χ4n) is 3.41. The summed E-state index contributed by atoms with van der Waals surface area (Å²) in [4.78, 5) is 12.2. The Hall–Kier alpha value is -1.46. The molecule has 2 unspecified atom stereocenters. The minimum absolute atomic E-state index is 0. The number of benzene rings is 1. The number of piperidine rings is 1. The Kier molecular flexibility index (Phi) is 7.85. The lowest BCUT2D eigenvalue weighted by Gasteiger charge is -2.28. The molecule has 0 aromatic heterocycles. The summed E-state index contributed by atoms with van der Waals surface area (Å²) in [6.45, 7) is 6.23. The smallest absolute Gasteiger partial charge is 0.220 e. The molecule has 1 aromatic carbocycles. The van der Waals surface area contributed by atoms with Gasteiger partial charge in [0.1, 0.15) is 0 Å². The van der Waals surface area contributed by atoms with Crippen LogP contribution in [0.1, 0.15) is 38.2 Å². The predicted octanol–water partition coefficient (Wildman–Crippen LogP) is 2.91. The minimum atomic E-state index is 0. The molecule has 140 valence electrons. The molecule has 2 heterocycles. The standard InChI is InChI=1S/C19H28N2O3.ClH/c1-14(16-4-2-7-20-13-16)10-19(22)21-12-15-5-6-17-18(11-15)24-9-3-8-23-17;/h5-6,11,14,16,20H,2-4,7-10,12-13H2,1H3,(H,21,22);1H. The fraction of sp³-hybridized carbons (Fsp3) is 0.632. The van der Waals surface area contributed by atoms with Crippen LogP contribution in [0.3, 0.4) is 0 Å². The molecule has 2 aliphatic heterocycles.